The van der Waals surface area contributed by atoms with Crippen LogP contribution in [0.15, 0.2) is 0 Å². The first-order valence-electron chi connectivity index (χ1n) is 2.67. The van der Waals surface area contributed by atoms with Crippen molar-refractivity contribution < 1.29 is 37.6 Å². The largest absolute Gasteiger partial charge is 0.415 e. The first-order valence-corrected chi connectivity index (χ1v) is 7.43. The van der Waals surface area contributed by atoms with Crippen LogP contribution in [0.25, 0.3) is 0 Å². The average Bonchev–Trinajstić information content (AvgIpc) is 1.76. The van der Waals surface area contributed by atoms with Crippen molar-refractivity contribution in [3.8, 4) is 0 Å². The molecule has 12 heteroatoms. The third-order valence-electron chi connectivity index (χ3n) is 0.548. The lowest BCUT2D eigenvalue weighted by molar-refractivity contribution is 0.302. The summed E-state index contributed by atoms with van der Waals surface area (Å²) in [5, 5.41) is 0. The molecule has 86 valence electrons. The van der Waals surface area contributed by atoms with Gasteiger partial charge in [0.1, 0.15) is 0 Å². The summed E-state index contributed by atoms with van der Waals surface area (Å²) in [7, 11) is -14.0. The average molecular weight is 270 g/mol. The van der Waals surface area contributed by atoms with Gasteiger partial charge in [-0.25, -0.2) is 4.18 Å². The van der Waals surface area contributed by atoms with Gasteiger partial charge in [-0.15, -0.1) is 3.63 Å². The third-order valence-corrected chi connectivity index (χ3v) is 3.18. The lowest BCUT2D eigenvalue weighted by atomic mass is 11.7. The molecule has 0 saturated heterocycles. The van der Waals surface area contributed by atoms with Crippen LogP contribution in [0.3, 0.4) is 0 Å². The molecule has 0 aliphatic heterocycles. The van der Waals surface area contributed by atoms with Crippen LogP contribution in [0.5, 0.6) is 0 Å². The van der Waals surface area contributed by atoms with Gasteiger partial charge in [0.15, 0.2) is 5.94 Å². The Labute approximate surface area is 80.8 Å². The van der Waals surface area contributed by atoms with Gasteiger partial charge in [0.05, 0.1) is 6.26 Å². The molecule has 0 radical (unpaired) electrons. The molecule has 0 atom stereocenters. The van der Waals surface area contributed by atoms with Crippen molar-refractivity contribution in [2.45, 2.75) is 0 Å². The highest BCUT2D eigenvalue weighted by molar-refractivity contribution is 7.97. The van der Waals surface area contributed by atoms with E-state index >= 15 is 0 Å². The number of hydrogen-bond acceptors (Lipinski definition) is 8. The van der Waals surface area contributed by atoms with Gasteiger partial charge >= 0.3 is 10.4 Å². The Morgan fingerprint density at radius 3 is 1.79 bits per heavy atom. The van der Waals surface area contributed by atoms with Crippen LogP contribution in [-0.2, 0) is 38.4 Å². The highest BCUT2D eigenvalue weighted by atomic mass is 32.3. The molecule has 0 aromatic rings. The van der Waals surface area contributed by atoms with Crippen molar-refractivity contribution in [3.05, 3.63) is 0 Å². The van der Waals surface area contributed by atoms with Crippen LogP contribution in [-0.4, -0.2) is 42.0 Å². The van der Waals surface area contributed by atoms with Crippen LogP contribution in [0.2, 0.25) is 0 Å². The molecule has 0 aliphatic carbocycles. The second kappa shape index (κ2) is 4.08. The van der Waals surface area contributed by atoms with Gasteiger partial charge in [-0.2, -0.15) is 25.3 Å². The normalized spacial score (nSPS) is 14.1. The molecule has 0 rings (SSSR count). The minimum absolute atomic E-state index is 0.418. The first-order chi connectivity index (χ1) is 5.91. The van der Waals surface area contributed by atoms with Gasteiger partial charge in [-0.1, -0.05) is 0 Å². The zero-order chi connectivity index (χ0) is 11.6. The van der Waals surface area contributed by atoms with Crippen molar-refractivity contribution in [3.63, 3.8) is 0 Å². The minimum atomic E-state index is -5.00. The minimum Gasteiger partial charge on any atom is -0.284 e. The molecule has 9 nitrogen and oxygen atoms in total. The number of rotatable bonds is 5. The second-order valence-electron chi connectivity index (χ2n) is 2.00. The summed E-state index contributed by atoms with van der Waals surface area (Å²) in [6.07, 6.45) is 0.418. The SMILES string of the molecule is CS(=O)(=O)OS(=O)(=O)OCS(=O)(=O)O. The molecule has 0 aromatic heterocycles. The van der Waals surface area contributed by atoms with Crippen LogP contribution < -0.4 is 0 Å². The van der Waals surface area contributed by atoms with Gasteiger partial charge in [-0.05, 0) is 0 Å². The molecule has 14 heavy (non-hydrogen) atoms. The molecule has 0 bridgehead atoms. The maximum atomic E-state index is 10.5. The highest BCUT2D eigenvalue weighted by Crippen LogP contribution is 2.02. The molecule has 0 unspecified atom stereocenters. The Hall–Kier alpha value is -0.270. The van der Waals surface area contributed by atoms with E-state index in [0.29, 0.717) is 6.26 Å². The summed E-state index contributed by atoms with van der Waals surface area (Å²) in [6.45, 7) is 0. The topological polar surface area (TPSA) is 141 Å². The molecule has 0 spiro atoms. The summed E-state index contributed by atoms with van der Waals surface area (Å²) in [5.41, 5.74) is 0. The lowest BCUT2D eigenvalue weighted by Gasteiger charge is -2.01. The van der Waals surface area contributed by atoms with Gasteiger partial charge in [-0.3, -0.25) is 4.55 Å². The van der Waals surface area contributed by atoms with Gasteiger partial charge in [0, 0.05) is 0 Å². The maximum absolute atomic E-state index is 10.5. The van der Waals surface area contributed by atoms with E-state index < -0.39 is 36.6 Å². The molecule has 0 saturated carbocycles. The van der Waals surface area contributed by atoms with Crippen molar-refractivity contribution in [1.82, 2.24) is 0 Å². The van der Waals surface area contributed by atoms with Crippen molar-refractivity contribution >= 4 is 30.6 Å². The standard InChI is InChI=1S/C2H6O9S3/c1-12(3,4)11-14(8,9)10-2-13(5,6)7/h2H2,1H3,(H,5,6,7). The van der Waals surface area contributed by atoms with Crippen LogP contribution >= 0.6 is 0 Å². The predicted octanol–water partition coefficient (Wildman–Crippen LogP) is -1.93. The Balaban J connectivity index is 4.55. The molecule has 0 aromatic carbocycles. The van der Waals surface area contributed by atoms with Crippen LogP contribution in [0, 0.1) is 0 Å². The molecule has 1 N–H and O–H groups in total. The molecule has 0 aliphatic rings. The van der Waals surface area contributed by atoms with Crippen molar-refractivity contribution in [2.75, 3.05) is 12.2 Å². The van der Waals surface area contributed by atoms with Gasteiger partial charge in [0.2, 0.25) is 0 Å². The molecule has 0 fully saturated rings. The highest BCUT2D eigenvalue weighted by Gasteiger charge is 2.22. The van der Waals surface area contributed by atoms with E-state index in [1.807, 2.05) is 0 Å². The Bertz CT molecular complexity index is 476. The fraction of sp³-hybridized carbons (Fsp3) is 1.00. The lowest BCUT2D eigenvalue weighted by Crippen LogP contribution is -2.18. The third kappa shape index (κ3) is 8.33. The summed E-state index contributed by atoms with van der Waals surface area (Å²) in [6, 6.07) is 0. The van der Waals surface area contributed by atoms with E-state index in [9.17, 15) is 25.3 Å². The van der Waals surface area contributed by atoms with Crippen molar-refractivity contribution in [2.24, 2.45) is 0 Å². The second-order valence-corrected chi connectivity index (χ2v) is 6.40. The van der Waals surface area contributed by atoms with E-state index in [4.69, 9.17) is 4.55 Å². The molecule has 0 heterocycles. The van der Waals surface area contributed by atoms with E-state index in [-0.39, 0.29) is 0 Å². The van der Waals surface area contributed by atoms with Gasteiger partial charge < -0.3 is 0 Å². The summed E-state index contributed by atoms with van der Waals surface area (Å²) in [4.78, 5) is 0. The Kier molecular flexibility index (Phi) is 4.00. The van der Waals surface area contributed by atoms with Crippen LogP contribution in [0.4, 0.5) is 0 Å². The predicted molar refractivity (Wildman–Crippen MR) is 42.3 cm³/mol. The smallest absolute Gasteiger partial charge is 0.284 e. The summed E-state index contributed by atoms with van der Waals surface area (Å²) < 4.78 is 76.5. The number of hydrogen-bond donors (Lipinski definition) is 1. The van der Waals surface area contributed by atoms with Crippen LogP contribution in [0.1, 0.15) is 0 Å². The summed E-state index contributed by atoms with van der Waals surface area (Å²) >= 11 is 0. The zero-order valence-electron chi connectivity index (χ0n) is 6.65. The Morgan fingerprint density at radius 1 is 1.07 bits per heavy atom. The Morgan fingerprint density at radius 2 is 1.50 bits per heavy atom. The van der Waals surface area contributed by atoms with Crippen molar-refractivity contribution in [1.29, 1.82) is 0 Å². The fourth-order valence-electron chi connectivity index (χ4n) is 0.291. The summed E-state index contributed by atoms with van der Waals surface area (Å²) in [5.74, 6) is -1.62. The fourth-order valence-corrected chi connectivity index (χ4v) is 2.62. The van der Waals surface area contributed by atoms with E-state index in [1.54, 1.807) is 0 Å². The first kappa shape index (κ1) is 13.7. The van der Waals surface area contributed by atoms with E-state index in [0.717, 1.165) is 0 Å². The molecule has 0 amide bonds. The van der Waals surface area contributed by atoms with Gasteiger partial charge in [0.25, 0.3) is 20.2 Å². The monoisotopic (exact) mass is 270 g/mol. The maximum Gasteiger partial charge on any atom is 0.415 e. The quantitative estimate of drug-likeness (QED) is 0.565. The zero-order valence-corrected chi connectivity index (χ0v) is 9.09. The van der Waals surface area contributed by atoms with E-state index in [1.165, 1.54) is 0 Å². The molecular weight excluding hydrogens is 264 g/mol. The molecular formula is C2H6O9S3. The van der Waals surface area contributed by atoms with E-state index in [2.05, 4.69) is 7.81 Å².